The molecule has 2 aliphatic heterocycles. The first-order valence-electron chi connectivity index (χ1n) is 14.4. The van der Waals surface area contributed by atoms with Gasteiger partial charge in [-0.1, -0.05) is 44.5 Å². The van der Waals surface area contributed by atoms with Crippen molar-refractivity contribution in [3.8, 4) is 11.5 Å². The summed E-state index contributed by atoms with van der Waals surface area (Å²) in [6.07, 6.45) is 1.88. The molecular formula is C31H44Cl2N4O7. The molecule has 0 unspecified atom stereocenters. The van der Waals surface area contributed by atoms with Gasteiger partial charge in [-0.05, 0) is 30.2 Å². The Labute approximate surface area is 269 Å². The highest BCUT2D eigenvalue weighted by Gasteiger charge is 2.26. The minimum Gasteiger partial charge on any atom is -0.490 e. The highest BCUT2D eigenvalue weighted by molar-refractivity contribution is 6.42. The first-order valence-corrected chi connectivity index (χ1v) is 15.2. The lowest BCUT2D eigenvalue weighted by Crippen LogP contribution is -2.48. The highest BCUT2D eigenvalue weighted by atomic mass is 35.5. The van der Waals surface area contributed by atoms with Crippen LogP contribution in [0.5, 0.6) is 11.5 Å². The van der Waals surface area contributed by atoms with E-state index in [1.807, 2.05) is 36.9 Å². The van der Waals surface area contributed by atoms with Gasteiger partial charge in [0, 0.05) is 89.8 Å². The van der Waals surface area contributed by atoms with Gasteiger partial charge in [-0.15, -0.1) is 0 Å². The van der Waals surface area contributed by atoms with E-state index in [2.05, 4.69) is 9.80 Å². The number of piperazine rings is 1. The Kier molecular flexibility index (Phi) is 15.0. The number of likely N-dealkylation sites (tertiary alicyclic amines) is 1. The van der Waals surface area contributed by atoms with Crippen LogP contribution in [0.3, 0.4) is 0 Å². The van der Waals surface area contributed by atoms with Crippen molar-refractivity contribution < 1.29 is 29.1 Å². The second-order valence-corrected chi connectivity index (χ2v) is 11.8. The first-order chi connectivity index (χ1) is 20.4. The third-order valence-electron chi connectivity index (χ3n) is 7.08. The largest absolute Gasteiger partial charge is 0.490 e. The van der Waals surface area contributed by atoms with Crippen LogP contribution in [-0.4, -0.2) is 90.2 Å². The summed E-state index contributed by atoms with van der Waals surface area (Å²) in [4.78, 5) is 39.3. The Balaban J connectivity index is 0.00000127. The average molecular weight is 656 g/mol. The molecular weight excluding hydrogens is 611 g/mol. The quantitative estimate of drug-likeness (QED) is 0.234. The second-order valence-electron chi connectivity index (χ2n) is 11.0. The highest BCUT2D eigenvalue weighted by Crippen LogP contribution is 2.33. The number of anilines is 1. The Bertz CT molecular complexity index is 1240. The Hall–Kier alpha value is -3.28. The average Bonchev–Trinajstić information content (AvgIpc) is 2.96. The maximum absolute atomic E-state index is 12.9. The van der Waals surface area contributed by atoms with Gasteiger partial charge in [0.25, 0.3) is 5.97 Å². The number of benzene rings is 2. The summed E-state index contributed by atoms with van der Waals surface area (Å²) in [5.74, 6) is 0.343. The number of nitro benzene ring substituents is 1. The molecule has 0 saturated carbocycles. The van der Waals surface area contributed by atoms with Crippen molar-refractivity contribution in [2.24, 2.45) is 5.92 Å². The molecule has 4 rings (SSSR count). The van der Waals surface area contributed by atoms with Crippen LogP contribution < -0.4 is 14.4 Å². The molecule has 1 N–H and O–H groups in total. The lowest BCUT2D eigenvalue weighted by Gasteiger charge is -2.37. The van der Waals surface area contributed by atoms with Gasteiger partial charge < -0.3 is 24.4 Å². The molecule has 0 aliphatic carbocycles. The maximum atomic E-state index is 12.9. The van der Waals surface area contributed by atoms with E-state index in [0.717, 1.165) is 45.3 Å². The van der Waals surface area contributed by atoms with E-state index in [-0.39, 0.29) is 36.8 Å². The fourth-order valence-electron chi connectivity index (χ4n) is 4.83. The fraction of sp³-hybridized carbons (Fsp3) is 0.548. The normalized spacial score (nSPS) is 15.6. The monoisotopic (exact) mass is 654 g/mol. The van der Waals surface area contributed by atoms with E-state index in [0.29, 0.717) is 54.8 Å². The number of ether oxygens (including phenoxy) is 2. The van der Waals surface area contributed by atoms with Crippen LogP contribution >= 0.6 is 23.2 Å². The predicted octanol–water partition coefficient (Wildman–Crippen LogP) is 6.25. The molecule has 0 atom stereocenters. The van der Waals surface area contributed by atoms with Crippen LogP contribution in [0.15, 0.2) is 36.4 Å². The van der Waals surface area contributed by atoms with E-state index in [1.165, 1.54) is 6.07 Å². The minimum atomic E-state index is -0.833. The second kappa shape index (κ2) is 17.9. The fourth-order valence-corrected chi connectivity index (χ4v) is 5.12. The van der Waals surface area contributed by atoms with Gasteiger partial charge in [0.2, 0.25) is 11.7 Å². The molecule has 244 valence electrons. The lowest BCUT2D eigenvalue weighted by atomic mass is 10.1. The van der Waals surface area contributed by atoms with Crippen molar-refractivity contribution in [2.45, 2.75) is 53.6 Å². The summed E-state index contributed by atoms with van der Waals surface area (Å²) in [5, 5.41) is 19.9. The number of aliphatic carboxylic acids is 1. The van der Waals surface area contributed by atoms with Gasteiger partial charge in [-0.2, -0.15) is 0 Å². The number of carboxylic acids is 1. The number of halogens is 2. The number of rotatable bonds is 10. The number of hydrogen-bond donors (Lipinski definition) is 1. The van der Waals surface area contributed by atoms with Crippen molar-refractivity contribution in [2.75, 3.05) is 57.3 Å². The smallest absolute Gasteiger partial charge is 0.311 e. The molecule has 0 aromatic heterocycles. The number of carbonyl (C=O) groups excluding carboxylic acids is 1. The number of nitro groups is 1. The molecule has 1 amide bonds. The van der Waals surface area contributed by atoms with Gasteiger partial charge in [-0.25, -0.2) is 0 Å². The Morgan fingerprint density at radius 2 is 1.66 bits per heavy atom. The number of carboxylic acid groups (broad SMARTS) is 1. The van der Waals surface area contributed by atoms with Crippen molar-refractivity contribution in [1.82, 2.24) is 9.80 Å². The topological polar surface area (TPSA) is 126 Å². The molecule has 44 heavy (non-hydrogen) atoms. The van der Waals surface area contributed by atoms with Crippen LogP contribution in [0.2, 0.25) is 10.0 Å². The van der Waals surface area contributed by atoms with Gasteiger partial charge in [-0.3, -0.25) is 24.6 Å². The number of amides is 1. The van der Waals surface area contributed by atoms with Crippen molar-refractivity contribution in [1.29, 1.82) is 0 Å². The standard InChI is InChI=1S/C28H36Cl2N4O5.C2H4O2.CH4/c1-20(2)19-38-27-18-23(4-6-26(27)34(36)37)39-22-7-11-33(12-8-22)28(35)9-10-31-13-15-32(16-14-31)21-3-5-24(29)25(30)17-21;1-2(3)4;/h3-6,17-18,20,22H,7-16,19H2,1-2H3;1H3,(H,3,4);1H4. The number of nitrogens with zero attached hydrogens (tertiary/aromatic N) is 4. The van der Waals surface area contributed by atoms with Gasteiger partial charge in [0.15, 0.2) is 0 Å². The first kappa shape index (κ1) is 36.9. The van der Waals surface area contributed by atoms with Crippen LogP contribution in [0, 0.1) is 16.0 Å². The van der Waals surface area contributed by atoms with Crippen LogP contribution in [-0.2, 0) is 9.59 Å². The van der Waals surface area contributed by atoms with E-state index >= 15 is 0 Å². The summed E-state index contributed by atoms with van der Waals surface area (Å²) in [6, 6.07) is 10.3. The zero-order chi connectivity index (χ0) is 31.5. The van der Waals surface area contributed by atoms with Gasteiger partial charge in [0.1, 0.15) is 11.9 Å². The molecule has 2 aromatic rings. The minimum absolute atomic E-state index is 0. The van der Waals surface area contributed by atoms with Gasteiger partial charge in [0.05, 0.1) is 21.6 Å². The zero-order valence-corrected chi connectivity index (χ0v) is 26.4. The molecule has 2 aromatic carbocycles. The predicted molar refractivity (Wildman–Crippen MR) is 173 cm³/mol. The lowest BCUT2D eigenvalue weighted by molar-refractivity contribution is -0.385. The van der Waals surface area contributed by atoms with Crippen molar-refractivity contribution >= 4 is 46.5 Å². The summed E-state index contributed by atoms with van der Waals surface area (Å²) < 4.78 is 11.8. The molecule has 13 heteroatoms. The summed E-state index contributed by atoms with van der Waals surface area (Å²) in [7, 11) is 0. The zero-order valence-electron chi connectivity index (χ0n) is 24.8. The van der Waals surface area contributed by atoms with Crippen LogP contribution in [0.4, 0.5) is 11.4 Å². The molecule has 2 saturated heterocycles. The maximum Gasteiger partial charge on any atom is 0.311 e. The SMILES string of the molecule is C.CC(=O)O.CC(C)COc1cc(OC2CCN(C(=O)CCN3CCN(c4ccc(Cl)c(Cl)c4)CC3)CC2)ccc1[N+](=O)[O-]. The number of piperidine rings is 1. The van der Waals surface area contributed by atoms with Crippen LogP contribution in [0.1, 0.15) is 47.5 Å². The van der Waals surface area contributed by atoms with Crippen LogP contribution in [0.25, 0.3) is 0 Å². The summed E-state index contributed by atoms with van der Waals surface area (Å²) in [6.45, 7) is 11.0. The third-order valence-corrected chi connectivity index (χ3v) is 7.82. The molecule has 0 radical (unpaired) electrons. The Morgan fingerprint density at radius 1 is 1.02 bits per heavy atom. The number of carbonyl (C=O) groups is 2. The molecule has 0 spiro atoms. The van der Waals surface area contributed by atoms with E-state index < -0.39 is 10.9 Å². The molecule has 2 heterocycles. The Morgan fingerprint density at radius 3 is 2.23 bits per heavy atom. The van der Waals surface area contributed by atoms with Crippen molar-refractivity contribution in [3.63, 3.8) is 0 Å². The van der Waals surface area contributed by atoms with E-state index in [4.69, 9.17) is 42.6 Å². The summed E-state index contributed by atoms with van der Waals surface area (Å²) in [5.41, 5.74) is 0.998. The molecule has 11 nitrogen and oxygen atoms in total. The van der Waals surface area contributed by atoms with Gasteiger partial charge >= 0.3 is 5.69 Å². The summed E-state index contributed by atoms with van der Waals surface area (Å²) >= 11 is 12.2. The van der Waals surface area contributed by atoms with E-state index in [9.17, 15) is 14.9 Å². The number of hydrogen-bond acceptors (Lipinski definition) is 8. The van der Waals surface area contributed by atoms with E-state index in [1.54, 1.807) is 12.1 Å². The molecule has 0 bridgehead atoms. The molecule has 2 fully saturated rings. The van der Waals surface area contributed by atoms with Crippen molar-refractivity contribution in [3.05, 3.63) is 56.6 Å². The molecule has 2 aliphatic rings. The third kappa shape index (κ3) is 11.7.